The molecule has 0 aromatic carbocycles. The Bertz CT molecular complexity index is 1410. The molecule has 23 atom stereocenters. The van der Waals surface area contributed by atoms with Crippen LogP contribution in [0.5, 0.6) is 0 Å². The highest BCUT2D eigenvalue weighted by Crippen LogP contribution is 2.72. The maximum atomic E-state index is 12.4. The lowest BCUT2D eigenvalue weighted by Gasteiger charge is -2.65. The van der Waals surface area contributed by atoms with Crippen LogP contribution in [0.15, 0.2) is 0 Å². The molecule has 0 aromatic rings. The second-order valence-electron chi connectivity index (χ2n) is 19.3. The minimum atomic E-state index is -1.58. The molecule has 0 unspecified atom stereocenters. The Labute approximate surface area is 321 Å². The second kappa shape index (κ2) is 14.2. The van der Waals surface area contributed by atoms with Crippen molar-refractivity contribution in [2.75, 3.05) is 19.8 Å². The highest BCUT2D eigenvalue weighted by atomic mass is 16.7. The highest BCUT2D eigenvalue weighted by molar-refractivity contribution is 5.20. The number of aliphatic hydroxyl groups is 10. The van der Waals surface area contributed by atoms with Gasteiger partial charge >= 0.3 is 0 Å². The van der Waals surface area contributed by atoms with Crippen molar-refractivity contribution in [3.8, 4) is 0 Å². The summed E-state index contributed by atoms with van der Waals surface area (Å²) in [6, 6.07) is 0. The molecule has 0 aromatic heterocycles. The molecule has 8 fully saturated rings. The quantitative estimate of drug-likeness (QED) is 0.134. The van der Waals surface area contributed by atoms with Crippen LogP contribution in [0.2, 0.25) is 0 Å². The maximum Gasteiger partial charge on any atom is 0.186 e. The lowest BCUT2D eigenvalue weighted by atomic mass is 9.42. The molecule has 16 nitrogen and oxygen atoms in total. The summed E-state index contributed by atoms with van der Waals surface area (Å²) in [5.74, 6) is 0.118. The van der Waals surface area contributed by atoms with E-state index in [4.69, 9.17) is 28.4 Å². The van der Waals surface area contributed by atoms with Crippen LogP contribution in [0.1, 0.15) is 85.5 Å². The second-order valence-corrected chi connectivity index (χ2v) is 19.3. The lowest BCUT2D eigenvalue weighted by molar-refractivity contribution is -0.330. The van der Waals surface area contributed by atoms with Crippen molar-refractivity contribution < 1.29 is 79.5 Å². The first-order valence-corrected chi connectivity index (χ1v) is 20.5. The van der Waals surface area contributed by atoms with E-state index in [1.807, 2.05) is 13.8 Å². The van der Waals surface area contributed by atoms with Crippen LogP contribution in [0.3, 0.4) is 0 Å². The summed E-state index contributed by atoms with van der Waals surface area (Å²) in [6.07, 6.45) is -10.0. The van der Waals surface area contributed by atoms with Gasteiger partial charge < -0.3 is 79.5 Å². The predicted octanol–water partition coefficient (Wildman–Crippen LogP) is -1.36. The third-order valence-corrected chi connectivity index (χ3v) is 16.5. The van der Waals surface area contributed by atoms with Gasteiger partial charge in [0.15, 0.2) is 18.4 Å². The topological polar surface area (TPSA) is 258 Å². The van der Waals surface area contributed by atoms with Crippen molar-refractivity contribution in [3.05, 3.63) is 0 Å². The molecule has 316 valence electrons. The fourth-order valence-corrected chi connectivity index (χ4v) is 13.4. The van der Waals surface area contributed by atoms with E-state index in [2.05, 4.69) is 13.8 Å². The van der Waals surface area contributed by atoms with Crippen LogP contribution in [0, 0.1) is 40.4 Å². The summed E-state index contributed by atoms with van der Waals surface area (Å²) in [6.45, 7) is 7.49. The average molecular weight is 789 g/mol. The van der Waals surface area contributed by atoms with Gasteiger partial charge in [-0.1, -0.05) is 20.8 Å². The van der Waals surface area contributed by atoms with Crippen molar-refractivity contribution in [1.82, 2.24) is 0 Å². The van der Waals surface area contributed by atoms with E-state index in [1.54, 1.807) is 0 Å². The molecule has 0 radical (unpaired) electrons. The summed E-state index contributed by atoms with van der Waals surface area (Å²) in [4.78, 5) is 0. The lowest BCUT2D eigenvalue weighted by Crippen LogP contribution is -2.68. The van der Waals surface area contributed by atoms with Gasteiger partial charge in [-0.2, -0.15) is 0 Å². The number of hydrogen-bond donors (Lipinski definition) is 10. The number of aliphatic hydroxyl groups excluding tert-OH is 9. The molecule has 4 heterocycles. The Morgan fingerprint density at radius 2 is 1.35 bits per heavy atom. The van der Waals surface area contributed by atoms with Gasteiger partial charge in [-0.05, 0) is 74.5 Å². The SMILES string of the molecule is C[C@H]1[C@H]2[C@H](C[C@H]3[C@@H]4CC[C@]5(O)C[C@@H](O[C@@H]6O[C@H](CO)[C@@H](O)[C@H](O)[C@H]6O)C[C@@H](O)[C@]5(C)[C@H]4CC[C@]23C)O[C@]12CC[C@@](C)(CO[C@@H]1O[C@H](CO)[C@@H](O)[C@H](O)[C@H]1O)O2. The fraction of sp³-hybridized carbons (Fsp3) is 1.00. The molecule has 55 heavy (non-hydrogen) atoms. The molecule has 4 aliphatic carbocycles. The number of fused-ring (bicyclic) bond motifs is 7. The highest BCUT2D eigenvalue weighted by Gasteiger charge is 2.73. The zero-order valence-electron chi connectivity index (χ0n) is 32.3. The van der Waals surface area contributed by atoms with Crippen molar-refractivity contribution in [3.63, 3.8) is 0 Å². The van der Waals surface area contributed by atoms with Crippen LogP contribution in [0.4, 0.5) is 0 Å². The van der Waals surface area contributed by atoms with Gasteiger partial charge in [-0.25, -0.2) is 0 Å². The summed E-state index contributed by atoms with van der Waals surface area (Å²) in [5, 5.41) is 106. The number of rotatable bonds is 7. The van der Waals surface area contributed by atoms with Crippen molar-refractivity contribution in [2.24, 2.45) is 40.4 Å². The zero-order chi connectivity index (χ0) is 39.6. The Morgan fingerprint density at radius 1 is 0.709 bits per heavy atom. The predicted molar refractivity (Wildman–Crippen MR) is 187 cm³/mol. The zero-order valence-corrected chi connectivity index (χ0v) is 32.3. The summed E-state index contributed by atoms with van der Waals surface area (Å²) < 4.78 is 37.0. The number of ether oxygens (including phenoxy) is 6. The van der Waals surface area contributed by atoms with Gasteiger partial charge in [0.1, 0.15) is 48.8 Å². The van der Waals surface area contributed by atoms with Gasteiger partial charge in [0.25, 0.3) is 0 Å². The first kappa shape index (κ1) is 41.1. The molecule has 0 bridgehead atoms. The molecular formula is C39H64O16. The third kappa shape index (κ3) is 6.14. The van der Waals surface area contributed by atoms with Gasteiger partial charge in [0.2, 0.25) is 0 Å². The Kier molecular flexibility index (Phi) is 10.6. The fourth-order valence-electron chi connectivity index (χ4n) is 13.4. The van der Waals surface area contributed by atoms with Crippen LogP contribution in [-0.4, -0.2) is 168 Å². The van der Waals surface area contributed by atoms with E-state index in [-0.39, 0.29) is 54.6 Å². The van der Waals surface area contributed by atoms with Crippen LogP contribution >= 0.6 is 0 Å². The summed E-state index contributed by atoms with van der Waals surface area (Å²) in [7, 11) is 0. The molecule has 4 aliphatic heterocycles. The Balaban J connectivity index is 0.926. The van der Waals surface area contributed by atoms with Crippen LogP contribution in [-0.2, 0) is 28.4 Å². The van der Waals surface area contributed by atoms with Crippen molar-refractivity contribution >= 4 is 0 Å². The minimum Gasteiger partial charge on any atom is -0.394 e. The van der Waals surface area contributed by atoms with Crippen molar-refractivity contribution in [2.45, 2.75) is 182 Å². The smallest absolute Gasteiger partial charge is 0.186 e. The first-order valence-electron chi connectivity index (χ1n) is 20.5. The molecule has 0 amide bonds. The van der Waals surface area contributed by atoms with Gasteiger partial charge in [0.05, 0.1) is 49.3 Å². The van der Waals surface area contributed by atoms with E-state index in [9.17, 15) is 51.1 Å². The van der Waals surface area contributed by atoms with E-state index in [1.165, 1.54) is 0 Å². The standard InChI is InChI=1S/C39H64O16/c1-17-26-22(54-39(17)10-9-35(2,55-39)16-50-33-31(47)29(45)27(43)23(14-40)52-33)12-21-19-5-8-38(49)13-18(51-34-32(48)30(46)28(44)24(15-41)53-34)11-25(42)37(38,4)20(19)6-7-36(21,26)3/h17-34,40-49H,5-16H2,1-4H3/t17-,18-,19+,20-,21-,22-,23+,24+,25+,26-,27+,28+,29-,30-,31+,32+,33+,34+,35-,36-,37-,38-,39-/m0/s1. The van der Waals surface area contributed by atoms with Gasteiger partial charge in [0, 0.05) is 30.6 Å². The molecular weight excluding hydrogens is 724 g/mol. The van der Waals surface area contributed by atoms with Crippen LogP contribution in [0.25, 0.3) is 0 Å². The van der Waals surface area contributed by atoms with E-state index < -0.39 is 109 Å². The molecule has 1 spiro atoms. The van der Waals surface area contributed by atoms with Crippen molar-refractivity contribution in [1.29, 1.82) is 0 Å². The molecule has 8 rings (SSSR count). The first-order chi connectivity index (χ1) is 25.8. The Morgan fingerprint density at radius 3 is 2.00 bits per heavy atom. The Hall–Kier alpha value is -0.640. The summed E-state index contributed by atoms with van der Waals surface area (Å²) in [5.41, 5.74) is -2.88. The van der Waals surface area contributed by atoms with E-state index >= 15 is 0 Å². The normalized spacial score (nSPS) is 60.3. The van der Waals surface area contributed by atoms with Crippen LogP contribution < -0.4 is 0 Å². The van der Waals surface area contributed by atoms with E-state index in [0.717, 1.165) is 25.7 Å². The third-order valence-electron chi connectivity index (χ3n) is 16.5. The largest absolute Gasteiger partial charge is 0.394 e. The maximum absolute atomic E-state index is 12.4. The number of hydrogen-bond acceptors (Lipinski definition) is 16. The minimum absolute atomic E-state index is 0.0290. The van der Waals surface area contributed by atoms with Gasteiger partial charge in [-0.3, -0.25) is 0 Å². The molecule has 16 heteroatoms. The van der Waals surface area contributed by atoms with E-state index in [0.29, 0.717) is 25.2 Å². The molecule has 4 saturated heterocycles. The average Bonchev–Trinajstić information content (AvgIpc) is 3.74. The molecule has 4 saturated carbocycles. The van der Waals surface area contributed by atoms with Gasteiger partial charge in [-0.15, -0.1) is 0 Å². The summed E-state index contributed by atoms with van der Waals surface area (Å²) >= 11 is 0. The molecule has 8 aliphatic rings. The monoisotopic (exact) mass is 788 g/mol. The molecule has 10 N–H and O–H groups in total.